The van der Waals surface area contributed by atoms with Gasteiger partial charge in [-0.15, -0.1) is 11.8 Å². The van der Waals surface area contributed by atoms with Crippen LogP contribution in [0.1, 0.15) is 38.5 Å². The molecule has 1 aliphatic carbocycles. The Kier molecular flexibility index (Phi) is 5.87. The molecule has 1 spiro atoms. The normalized spacial score (nSPS) is 21.9. The molecule has 0 radical (unpaired) electrons. The number of rotatable bonds is 6. The molecule has 0 bridgehead atoms. The number of amides is 1. The molecule has 5 rings (SSSR count). The van der Waals surface area contributed by atoms with Gasteiger partial charge in [-0.25, -0.2) is 4.98 Å². The number of fused-ring (bicyclic) bond motifs is 1. The van der Waals surface area contributed by atoms with E-state index in [0.29, 0.717) is 5.91 Å². The smallest absolute Gasteiger partial charge is 0.239 e. The maximum atomic E-state index is 12.8. The van der Waals surface area contributed by atoms with Gasteiger partial charge < -0.3 is 9.80 Å². The average Bonchev–Trinajstić information content (AvgIpc) is 3.39. The second kappa shape index (κ2) is 8.75. The predicted molar refractivity (Wildman–Crippen MR) is 125 cm³/mol. The van der Waals surface area contributed by atoms with E-state index in [2.05, 4.69) is 50.0 Å². The third-order valence-corrected chi connectivity index (χ3v) is 8.63. The van der Waals surface area contributed by atoms with E-state index in [1.165, 1.54) is 30.0 Å². The molecule has 1 aromatic heterocycles. The zero-order valence-electron chi connectivity index (χ0n) is 17.8. The summed E-state index contributed by atoms with van der Waals surface area (Å²) in [6.45, 7) is 6.34. The maximum absolute atomic E-state index is 12.8. The summed E-state index contributed by atoms with van der Waals surface area (Å²) in [6, 6.07) is 10.6. The van der Waals surface area contributed by atoms with E-state index >= 15 is 0 Å². The van der Waals surface area contributed by atoms with Crippen LogP contribution in [0.5, 0.6) is 0 Å². The average molecular weight is 425 g/mol. The molecule has 0 N–H and O–H groups in total. The molecule has 30 heavy (non-hydrogen) atoms. The Morgan fingerprint density at radius 2 is 1.70 bits per heavy atom. The summed E-state index contributed by atoms with van der Waals surface area (Å²) >= 11 is 1.91. The van der Waals surface area contributed by atoms with E-state index in [9.17, 15) is 4.79 Å². The number of aromatic nitrogens is 1. The Labute approximate surface area is 183 Å². The van der Waals surface area contributed by atoms with Crippen molar-refractivity contribution in [3.8, 4) is 0 Å². The van der Waals surface area contributed by atoms with E-state index in [-0.39, 0.29) is 4.75 Å². The number of piperazine rings is 1. The number of hydrogen-bond acceptors (Lipinski definition) is 5. The van der Waals surface area contributed by atoms with Gasteiger partial charge in [0.15, 0.2) is 0 Å². The number of nitrogens with zero attached hydrogens (tertiary/aromatic N) is 4. The topological polar surface area (TPSA) is 39.7 Å². The lowest BCUT2D eigenvalue weighted by atomic mass is 10.1. The standard InChI is InChI=1S/C24H32N4OS/c29-23-24(9-3-4-10-24)30-19-28(23)12-6-5-11-26-13-15-27(16-14-26)22-17-20-7-1-2-8-21(20)18-25-22/h1-2,7-8,17-18H,3-6,9-16,19H2. The van der Waals surface area contributed by atoms with Gasteiger partial charge in [-0.05, 0) is 43.7 Å². The van der Waals surface area contributed by atoms with Crippen LogP contribution in [-0.4, -0.2) is 70.6 Å². The van der Waals surface area contributed by atoms with Crippen molar-refractivity contribution in [3.63, 3.8) is 0 Å². The minimum absolute atomic E-state index is 0.0346. The molecule has 2 aliphatic heterocycles. The first-order valence-corrected chi connectivity index (χ1v) is 12.5. The largest absolute Gasteiger partial charge is 0.354 e. The molecule has 2 aromatic rings. The number of pyridine rings is 1. The summed E-state index contributed by atoms with van der Waals surface area (Å²) in [5.74, 6) is 2.44. The van der Waals surface area contributed by atoms with Crippen molar-refractivity contribution in [1.29, 1.82) is 0 Å². The summed E-state index contributed by atoms with van der Waals surface area (Å²) in [7, 11) is 0. The monoisotopic (exact) mass is 424 g/mol. The summed E-state index contributed by atoms with van der Waals surface area (Å²) in [4.78, 5) is 24.5. The van der Waals surface area contributed by atoms with E-state index in [1.54, 1.807) is 0 Å². The van der Waals surface area contributed by atoms with E-state index in [1.807, 2.05) is 18.0 Å². The third kappa shape index (κ3) is 4.04. The van der Waals surface area contributed by atoms with Crippen LogP contribution in [0.4, 0.5) is 5.82 Å². The molecule has 3 aliphatic rings. The van der Waals surface area contributed by atoms with Gasteiger partial charge in [0.2, 0.25) is 5.91 Å². The molecule has 0 unspecified atom stereocenters. The van der Waals surface area contributed by atoms with Gasteiger partial charge in [0.05, 0.1) is 10.6 Å². The molecule has 1 saturated carbocycles. The van der Waals surface area contributed by atoms with Crippen molar-refractivity contribution >= 4 is 34.3 Å². The lowest BCUT2D eigenvalue weighted by Gasteiger charge is -2.35. The first-order chi connectivity index (χ1) is 14.7. The minimum Gasteiger partial charge on any atom is -0.354 e. The number of carbonyl (C=O) groups is 1. The van der Waals surface area contributed by atoms with Crippen LogP contribution in [0.15, 0.2) is 36.5 Å². The van der Waals surface area contributed by atoms with Gasteiger partial charge in [-0.2, -0.15) is 0 Å². The van der Waals surface area contributed by atoms with Crippen LogP contribution in [-0.2, 0) is 4.79 Å². The van der Waals surface area contributed by atoms with Crippen LogP contribution in [0.25, 0.3) is 10.8 Å². The molecule has 160 valence electrons. The zero-order valence-corrected chi connectivity index (χ0v) is 18.6. The molecule has 6 heteroatoms. The minimum atomic E-state index is -0.0346. The summed E-state index contributed by atoms with van der Waals surface area (Å²) in [5, 5.41) is 2.47. The van der Waals surface area contributed by atoms with Crippen LogP contribution in [0, 0.1) is 0 Å². The maximum Gasteiger partial charge on any atom is 0.239 e. The quantitative estimate of drug-likeness (QED) is 0.656. The predicted octanol–water partition coefficient (Wildman–Crippen LogP) is 3.98. The van der Waals surface area contributed by atoms with E-state index in [0.717, 1.165) is 70.2 Å². The molecule has 3 heterocycles. The highest BCUT2D eigenvalue weighted by molar-refractivity contribution is 8.01. The Balaban J connectivity index is 1.04. The fourth-order valence-corrected chi connectivity index (χ4v) is 6.64. The first-order valence-electron chi connectivity index (χ1n) is 11.5. The molecular formula is C24H32N4OS. The van der Waals surface area contributed by atoms with Crippen LogP contribution in [0.3, 0.4) is 0 Å². The van der Waals surface area contributed by atoms with Crippen LogP contribution >= 0.6 is 11.8 Å². The van der Waals surface area contributed by atoms with Crippen LogP contribution in [0.2, 0.25) is 0 Å². The third-order valence-electron chi connectivity index (χ3n) is 7.05. The van der Waals surface area contributed by atoms with Crippen molar-refractivity contribution in [2.24, 2.45) is 0 Å². The number of thioether (sulfide) groups is 1. The second-order valence-corrected chi connectivity index (χ2v) is 10.3. The van der Waals surface area contributed by atoms with Gasteiger partial charge in [-0.1, -0.05) is 37.1 Å². The molecule has 0 atom stereocenters. The first kappa shape index (κ1) is 20.1. The number of benzene rings is 1. The SMILES string of the molecule is O=C1N(CCCCN2CCN(c3cc4ccccc4cn3)CC2)CSC12CCCC2. The molecular weight excluding hydrogens is 392 g/mol. The number of anilines is 1. The number of unbranched alkanes of at least 4 members (excludes halogenated alkanes) is 1. The molecule has 1 amide bonds. The lowest BCUT2D eigenvalue weighted by Crippen LogP contribution is -2.47. The fraction of sp³-hybridized carbons (Fsp3) is 0.583. The Hall–Kier alpha value is -1.79. The molecule has 3 fully saturated rings. The Morgan fingerprint density at radius 1 is 0.967 bits per heavy atom. The fourth-order valence-electron chi connectivity index (χ4n) is 5.16. The summed E-state index contributed by atoms with van der Waals surface area (Å²) < 4.78 is -0.0346. The van der Waals surface area contributed by atoms with Crippen molar-refractivity contribution < 1.29 is 4.79 Å². The summed E-state index contributed by atoms with van der Waals surface area (Å²) in [6.07, 6.45) is 8.95. The highest BCUT2D eigenvalue weighted by atomic mass is 32.2. The van der Waals surface area contributed by atoms with Crippen LogP contribution < -0.4 is 4.90 Å². The van der Waals surface area contributed by atoms with Crippen molar-refractivity contribution in [2.45, 2.75) is 43.3 Å². The van der Waals surface area contributed by atoms with Crippen molar-refractivity contribution in [1.82, 2.24) is 14.8 Å². The number of carbonyl (C=O) groups excluding carboxylic acids is 1. The molecule has 2 saturated heterocycles. The van der Waals surface area contributed by atoms with E-state index in [4.69, 9.17) is 0 Å². The lowest BCUT2D eigenvalue weighted by molar-refractivity contribution is -0.131. The van der Waals surface area contributed by atoms with Gasteiger partial charge in [0.1, 0.15) is 5.82 Å². The van der Waals surface area contributed by atoms with Gasteiger partial charge in [0, 0.05) is 44.3 Å². The van der Waals surface area contributed by atoms with Crippen molar-refractivity contribution in [3.05, 3.63) is 36.5 Å². The van der Waals surface area contributed by atoms with Gasteiger partial charge in [0.25, 0.3) is 0 Å². The highest BCUT2D eigenvalue weighted by Crippen LogP contribution is 2.47. The Morgan fingerprint density at radius 3 is 2.50 bits per heavy atom. The second-order valence-electron chi connectivity index (χ2n) is 8.97. The van der Waals surface area contributed by atoms with Gasteiger partial charge in [-0.3, -0.25) is 9.69 Å². The summed E-state index contributed by atoms with van der Waals surface area (Å²) in [5.41, 5.74) is 0. The molecule has 1 aromatic carbocycles. The van der Waals surface area contributed by atoms with Crippen molar-refractivity contribution in [2.75, 3.05) is 50.0 Å². The van der Waals surface area contributed by atoms with E-state index < -0.39 is 0 Å². The Bertz CT molecular complexity index is 890. The zero-order chi connectivity index (χ0) is 20.4. The van der Waals surface area contributed by atoms with Gasteiger partial charge >= 0.3 is 0 Å². The highest BCUT2D eigenvalue weighted by Gasteiger charge is 2.48. The number of hydrogen-bond donors (Lipinski definition) is 0. The molecule has 5 nitrogen and oxygen atoms in total.